The van der Waals surface area contributed by atoms with Gasteiger partial charge in [0.05, 0.1) is 5.52 Å². The van der Waals surface area contributed by atoms with Gasteiger partial charge in [0.25, 0.3) is 0 Å². The van der Waals surface area contributed by atoms with E-state index in [2.05, 4.69) is 15.3 Å². The minimum absolute atomic E-state index is 0.194. The van der Waals surface area contributed by atoms with E-state index in [9.17, 15) is 0 Å². The molecular formula is C9H7BClN3. The van der Waals surface area contributed by atoms with Crippen molar-refractivity contribution in [3.8, 4) is 0 Å². The molecule has 0 atom stereocenters. The van der Waals surface area contributed by atoms with Crippen LogP contribution in [0.15, 0.2) is 18.2 Å². The lowest BCUT2D eigenvalue weighted by Crippen LogP contribution is -2.07. The van der Waals surface area contributed by atoms with E-state index in [1.54, 1.807) is 13.1 Å². The molecule has 1 N–H and O–H groups in total. The number of benzene rings is 1. The molecule has 2 aromatic rings. The first-order chi connectivity index (χ1) is 6.72. The molecule has 0 saturated carbocycles. The minimum Gasteiger partial charge on any atom is -0.372 e. The Kier molecular flexibility index (Phi) is 2.29. The summed E-state index contributed by atoms with van der Waals surface area (Å²) in [4.78, 5) is 8.12. The standard InChI is InChI=1S/C9H7BClN3/c1-12-8-5-3-2-4-6(10)7(5)13-9(11)14-8/h2-4H,1H3,(H,12,13,14). The average molecular weight is 203 g/mol. The number of halogens is 1. The van der Waals surface area contributed by atoms with Crippen LogP contribution >= 0.6 is 11.6 Å². The highest BCUT2D eigenvalue weighted by atomic mass is 35.5. The lowest BCUT2D eigenvalue weighted by Gasteiger charge is -2.06. The van der Waals surface area contributed by atoms with Crippen molar-refractivity contribution in [3.05, 3.63) is 23.5 Å². The van der Waals surface area contributed by atoms with Crippen LogP contribution in [0, 0.1) is 0 Å². The van der Waals surface area contributed by atoms with E-state index in [0.29, 0.717) is 16.8 Å². The Morgan fingerprint density at radius 2 is 2.14 bits per heavy atom. The molecule has 0 bridgehead atoms. The van der Waals surface area contributed by atoms with E-state index < -0.39 is 0 Å². The van der Waals surface area contributed by atoms with Crippen LogP contribution in [0.25, 0.3) is 10.9 Å². The molecule has 2 radical (unpaired) electrons. The number of fused-ring (bicyclic) bond motifs is 1. The highest BCUT2D eigenvalue weighted by molar-refractivity contribution is 6.39. The van der Waals surface area contributed by atoms with Gasteiger partial charge in [-0.25, -0.2) is 9.97 Å². The van der Waals surface area contributed by atoms with Gasteiger partial charge in [-0.2, -0.15) is 0 Å². The molecule has 1 aromatic carbocycles. The van der Waals surface area contributed by atoms with Gasteiger partial charge >= 0.3 is 0 Å². The van der Waals surface area contributed by atoms with Gasteiger partial charge < -0.3 is 5.32 Å². The van der Waals surface area contributed by atoms with Crippen LogP contribution in [0.3, 0.4) is 0 Å². The summed E-state index contributed by atoms with van der Waals surface area (Å²) in [6, 6.07) is 5.54. The van der Waals surface area contributed by atoms with Crippen LogP contribution in [0.5, 0.6) is 0 Å². The topological polar surface area (TPSA) is 37.8 Å². The van der Waals surface area contributed by atoms with Crippen LogP contribution in [0.2, 0.25) is 5.28 Å². The minimum atomic E-state index is 0.194. The van der Waals surface area contributed by atoms with Crippen LogP contribution < -0.4 is 10.8 Å². The van der Waals surface area contributed by atoms with E-state index in [1.807, 2.05) is 12.1 Å². The number of para-hydroxylation sites is 1. The molecule has 5 heteroatoms. The number of hydrogen-bond acceptors (Lipinski definition) is 3. The van der Waals surface area contributed by atoms with Gasteiger partial charge in [0.1, 0.15) is 13.7 Å². The fourth-order valence-electron chi connectivity index (χ4n) is 1.34. The maximum atomic E-state index is 5.77. The summed E-state index contributed by atoms with van der Waals surface area (Å²) in [6.07, 6.45) is 0. The first-order valence-corrected chi connectivity index (χ1v) is 4.49. The fourth-order valence-corrected chi connectivity index (χ4v) is 1.51. The second kappa shape index (κ2) is 3.46. The molecule has 0 aliphatic carbocycles. The van der Waals surface area contributed by atoms with E-state index in [4.69, 9.17) is 19.4 Å². The van der Waals surface area contributed by atoms with Gasteiger partial charge in [-0.05, 0) is 17.7 Å². The Morgan fingerprint density at radius 1 is 1.36 bits per heavy atom. The van der Waals surface area contributed by atoms with Gasteiger partial charge in [0.15, 0.2) is 0 Å². The van der Waals surface area contributed by atoms with Crippen molar-refractivity contribution in [1.29, 1.82) is 0 Å². The van der Waals surface area contributed by atoms with Crippen LogP contribution in [-0.2, 0) is 0 Å². The molecule has 0 amide bonds. The van der Waals surface area contributed by atoms with Crippen LogP contribution in [-0.4, -0.2) is 24.9 Å². The SMILES string of the molecule is [B]c1cccc2c(NC)nc(Cl)nc12. The van der Waals surface area contributed by atoms with E-state index >= 15 is 0 Å². The van der Waals surface area contributed by atoms with E-state index in [1.165, 1.54) is 0 Å². The first-order valence-electron chi connectivity index (χ1n) is 4.12. The Hall–Kier alpha value is -1.29. The normalized spacial score (nSPS) is 10.4. The second-order valence-electron chi connectivity index (χ2n) is 2.83. The lowest BCUT2D eigenvalue weighted by molar-refractivity contribution is 1.21. The number of nitrogens with one attached hydrogen (secondary N) is 1. The summed E-state index contributed by atoms with van der Waals surface area (Å²) in [7, 11) is 7.55. The van der Waals surface area contributed by atoms with Crippen LogP contribution in [0.1, 0.15) is 0 Å². The van der Waals surface area contributed by atoms with E-state index in [-0.39, 0.29) is 5.28 Å². The van der Waals surface area contributed by atoms with Crippen molar-refractivity contribution in [2.24, 2.45) is 0 Å². The molecule has 14 heavy (non-hydrogen) atoms. The maximum Gasteiger partial charge on any atom is 0.224 e. The van der Waals surface area contributed by atoms with E-state index in [0.717, 1.165) is 5.39 Å². The summed E-state index contributed by atoms with van der Waals surface area (Å²) in [6.45, 7) is 0. The van der Waals surface area contributed by atoms with Crippen molar-refractivity contribution in [2.45, 2.75) is 0 Å². The predicted molar refractivity (Wildman–Crippen MR) is 59.5 cm³/mol. The second-order valence-corrected chi connectivity index (χ2v) is 3.17. The quantitative estimate of drug-likeness (QED) is 0.557. The van der Waals surface area contributed by atoms with Crippen molar-refractivity contribution in [3.63, 3.8) is 0 Å². The molecule has 2 rings (SSSR count). The van der Waals surface area contributed by atoms with Crippen molar-refractivity contribution < 1.29 is 0 Å². The predicted octanol–water partition coefficient (Wildman–Crippen LogP) is 1.12. The Morgan fingerprint density at radius 3 is 2.86 bits per heavy atom. The molecule has 0 aliphatic heterocycles. The molecule has 0 fully saturated rings. The van der Waals surface area contributed by atoms with Crippen molar-refractivity contribution in [1.82, 2.24) is 9.97 Å². The maximum absolute atomic E-state index is 5.77. The fraction of sp³-hybridized carbons (Fsp3) is 0.111. The number of anilines is 1. The van der Waals surface area contributed by atoms with Gasteiger partial charge in [0.2, 0.25) is 5.28 Å². The zero-order chi connectivity index (χ0) is 10.1. The third-order valence-electron chi connectivity index (χ3n) is 1.97. The van der Waals surface area contributed by atoms with Gasteiger partial charge in [-0.15, -0.1) is 0 Å². The number of nitrogens with zero attached hydrogens (tertiary/aromatic N) is 2. The average Bonchev–Trinajstić information content (AvgIpc) is 2.18. The molecule has 68 valence electrons. The Bertz CT molecular complexity index is 487. The van der Waals surface area contributed by atoms with Gasteiger partial charge in [-0.3, -0.25) is 0 Å². The highest BCUT2D eigenvalue weighted by Gasteiger charge is 2.05. The number of hydrogen-bond donors (Lipinski definition) is 1. The third kappa shape index (κ3) is 1.42. The molecule has 0 spiro atoms. The molecule has 0 saturated heterocycles. The summed E-state index contributed by atoms with van der Waals surface area (Å²) in [5.41, 5.74) is 1.28. The largest absolute Gasteiger partial charge is 0.372 e. The van der Waals surface area contributed by atoms with Gasteiger partial charge in [-0.1, -0.05) is 17.6 Å². The number of aromatic nitrogens is 2. The monoisotopic (exact) mass is 203 g/mol. The Balaban J connectivity index is 2.87. The first kappa shape index (κ1) is 9.28. The van der Waals surface area contributed by atoms with Crippen LogP contribution in [0.4, 0.5) is 5.82 Å². The van der Waals surface area contributed by atoms with Gasteiger partial charge in [0, 0.05) is 12.4 Å². The highest BCUT2D eigenvalue weighted by Crippen LogP contribution is 2.19. The Labute approximate surface area is 87.9 Å². The molecule has 0 unspecified atom stereocenters. The summed E-state index contributed by atoms with van der Waals surface area (Å²) < 4.78 is 0. The third-order valence-corrected chi connectivity index (χ3v) is 2.14. The zero-order valence-corrected chi connectivity index (χ0v) is 8.34. The number of rotatable bonds is 1. The smallest absolute Gasteiger partial charge is 0.224 e. The molecule has 1 heterocycles. The summed E-state index contributed by atoms with van der Waals surface area (Å²) >= 11 is 5.76. The summed E-state index contributed by atoms with van der Waals surface area (Å²) in [5, 5.41) is 4.01. The molecular weight excluding hydrogens is 196 g/mol. The van der Waals surface area contributed by atoms with Crippen molar-refractivity contribution >= 4 is 41.6 Å². The molecule has 1 aromatic heterocycles. The lowest BCUT2D eigenvalue weighted by atomic mass is 9.93. The molecule has 0 aliphatic rings. The molecule has 3 nitrogen and oxygen atoms in total. The zero-order valence-electron chi connectivity index (χ0n) is 7.58. The van der Waals surface area contributed by atoms with Crippen molar-refractivity contribution in [2.75, 3.05) is 12.4 Å². The summed E-state index contributed by atoms with van der Waals surface area (Å²) in [5.74, 6) is 0.687.